The Morgan fingerprint density at radius 1 is 1.19 bits per heavy atom. The van der Waals surface area contributed by atoms with Gasteiger partial charge in [-0.2, -0.15) is 0 Å². The smallest absolute Gasteiger partial charge is 0.328 e. The Hall–Kier alpha value is -3.29. The molecule has 2 aromatic rings. The fraction of sp³-hybridized carbons (Fsp3) is 0.222. The number of rotatable bonds is 7. The second kappa shape index (κ2) is 8.70. The van der Waals surface area contributed by atoms with Crippen LogP contribution in [-0.4, -0.2) is 30.0 Å². The molecule has 0 aliphatic heterocycles. The Labute approximate surface area is 148 Å². The third kappa shape index (κ3) is 5.10. The molecule has 0 saturated carbocycles. The van der Waals surface area contributed by atoms with Crippen LogP contribution in [0.25, 0.3) is 0 Å². The fourth-order valence-corrected chi connectivity index (χ4v) is 2.45. The van der Waals surface area contributed by atoms with Crippen molar-refractivity contribution >= 4 is 17.6 Å². The number of ether oxygens (including phenoxy) is 1. The molecule has 0 saturated heterocycles. The fourth-order valence-electron chi connectivity index (χ4n) is 2.45. The van der Waals surface area contributed by atoms with E-state index in [1.54, 1.807) is 6.07 Å². The number of benzene rings is 2. The molecule has 0 aliphatic rings. The summed E-state index contributed by atoms with van der Waals surface area (Å²) in [7, 11) is 1.17. The van der Waals surface area contributed by atoms with Gasteiger partial charge >= 0.3 is 5.97 Å². The number of carbonyl (C=O) groups is 2. The number of nitrogens with one attached hydrogen (secondary N) is 1. The van der Waals surface area contributed by atoms with Crippen molar-refractivity contribution in [2.45, 2.75) is 18.9 Å². The Kier molecular flexibility index (Phi) is 6.37. The molecule has 136 valence electrons. The number of nitro benzene ring substituents is 1. The molecule has 1 N–H and O–H groups in total. The van der Waals surface area contributed by atoms with Gasteiger partial charge in [-0.1, -0.05) is 30.3 Å². The number of amides is 1. The molecule has 0 heterocycles. The van der Waals surface area contributed by atoms with E-state index in [0.29, 0.717) is 11.1 Å². The van der Waals surface area contributed by atoms with Crippen LogP contribution in [0.2, 0.25) is 0 Å². The summed E-state index contributed by atoms with van der Waals surface area (Å²) in [5, 5.41) is 13.6. The molecule has 0 spiro atoms. The molecule has 0 fully saturated rings. The van der Waals surface area contributed by atoms with Gasteiger partial charge in [-0.3, -0.25) is 14.9 Å². The van der Waals surface area contributed by atoms with E-state index in [0.717, 1.165) is 0 Å². The second-order valence-corrected chi connectivity index (χ2v) is 5.54. The van der Waals surface area contributed by atoms with Crippen molar-refractivity contribution < 1.29 is 23.6 Å². The number of para-hydroxylation sites is 1. The van der Waals surface area contributed by atoms with E-state index in [1.165, 1.54) is 49.6 Å². The first-order valence-corrected chi connectivity index (χ1v) is 7.74. The maximum atomic E-state index is 12.9. The monoisotopic (exact) mass is 360 g/mol. The summed E-state index contributed by atoms with van der Waals surface area (Å²) in [5.74, 6) is -1.61. The minimum atomic E-state index is -1.07. The van der Waals surface area contributed by atoms with Crippen LogP contribution in [0.3, 0.4) is 0 Å². The highest BCUT2D eigenvalue weighted by molar-refractivity contribution is 5.86. The first-order valence-electron chi connectivity index (χ1n) is 7.74. The van der Waals surface area contributed by atoms with Gasteiger partial charge < -0.3 is 10.1 Å². The van der Waals surface area contributed by atoms with Crippen LogP contribution >= 0.6 is 0 Å². The highest BCUT2D eigenvalue weighted by Crippen LogP contribution is 2.19. The number of hydrogen-bond acceptors (Lipinski definition) is 5. The van der Waals surface area contributed by atoms with E-state index < -0.39 is 28.7 Å². The summed E-state index contributed by atoms with van der Waals surface area (Å²) in [6.45, 7) is 0. The number of halogens is 1. The highest BCUT2D eigenvalue weighted by Gasteiger charge is 2.25. The van der Waals surface area contributed by atoms with Crippen molar-refractivity contribution in [3.8, 4) is 0 Å². The predicted octanol–water partition coefficient (Wildman–Crippen LogP) is 2.18. The topological polar surface area (TPSA) is 98.5 Å². The van der Waals surface area contributed by atoms with Crippen LogP contribution in [0, 0.1) is 15.9 Å². The lowest BCUT2D eigenvalue weighted by Crippen LogP contribution is -2.43. The minimum absolute atomic E-state index is 0.0648. The van der Waals surface area contributed by atoms with Gasteiger partial charge in [0.05, 0.1) is 18.5 Å². The summed E-state index contributed by atoms with van der Waals surface area (Å²) < 4.78 is 17.6. The molecule has 8 heteroatoms. The molecule has 2 rings (SSSR count). The highest BCUT2D eigenvalue weighted by atomic mass is 19.1. The molecule has 7 nitrogen and oxygen atoms in total. The van der Waals surface area contributed by atoms with Crippen LogP contribution in [0.4, 0.5) is 10.1 Å². The molecule has 1 amide bonds. The first kappa shape index (κ1) is 19.0. The number of methoxy groups -OCH3 is 1. The van der Waals surface area contributed by atoms with Crippen molar-refractivity contribution in [3.63, 3.8) is 0 Å². The van der Waals surface area contributed by atoms with E-state index in [9.17, 15) is 24.1 Å². The molecule has 0 radical (unpaired) electrons. The average Bonchev–Trinajstić information content (AvgIpc) is 2.62. The van der Waals surface area contributed by atoms with Gasteiger partial charge in [-0.15, -0.1) is 0 Å². The van der Waals surface area contributed by atoms with Crippen molar-refractivity contribution in [3.05, 3.63) is 75.6 Å². The zero-order valence-electron chi connectivity index (χ0n) is 14.0. The number of nitrogens with zero attached hydrogens (tertiary/aromatic N) is 1. The SMILES string of the molecule is COC(=O)[C@@H](Cc1ccccc1[N+](=O)[O-])NC(=O)Cc1ccc(F)cc1. The van der Waals surface area contributed by atoms with Crippen molar-refractivity contribution in [2.75, 3.05) is 7.11 Å². The Morgan fingerprint density at radius 2 is 1.85 bits per heavy atom. The molecule has 0 bridgehead atoms. The van der Waals surface area contributed by atoms with Crippen LogP contribution in [0.5, 0.6) is 0 Å². The summed E-state index contributed by atoms with van der Waals surface area (Å²) >= 11 is 0. The number of carbonyl (C=O) groups excluding carboxylic acids is 2. The molecule has 2 aromatic carbocycles. The van der Waals surface area contributed by atoms with E-state index in [2.05, 4.69) is 10.1 Å². The average molecular weight is 360 g/mol. The molecule has 0 unspecified atom stereocenters. The summed E-state index contributed by atoms with van der Waals surface area (Å²) in [6.07, 6.45) is -0.149. The summed E-state index contributed by atoms with van der Waals surface area (Å²) in [5.41, 5.74) is 0.724. The van der Waals surface area contributed by atoms with Crippen LogP contribution in [0.15, 0.2) is 48.5 Å². The minimum Gasteiger partial charge on any atom is -0.467 e. The first-order chi connectivity index (χ1) is 12.4. The van der Waals surface area contributed by atoms with Crippen LogP contribution < -0.4 is 5.32 Å². The van der Waals surface area contributed by atoms with Crippen LogP contribution in [-0.2, 0) is 27.2 Å². The summed E-state index contributed by atoms with van der Waals surface area (Å²) in [6, 6.07) is 10.3. The molecular weight excluding hydrogens is 343 g/mol. The Balaban J connectivity index is 2.12. The second-order valence-electron chi connectivity index (χ2n) is 5.54. The van der Waals surface area contributed by atoms with E-state index in [4.69, 9.17) is 0 Å². The lowest BCUT2D eigenvalue weighted by atomic mass is 10.0. The van der Waals surface area contributed by atoms with Crippen molar-refractivity contribution in [1.82, 2.24) is 5.32 Å². The largest absolute Gasteiger partial charge is 0.467 e. The lowest BCUT2D eigenvalue weighted by molar-refractivity contribution is -0.385. The summed E-state index contributed by atoms with van der Waals surface area (Å²) in [4.78, 5) is 34.7. The zero-order valence-corrected chi connectivity index (χ0v) is 14.0. The van der Waals surface area contributed by atoms with Gasteiger partial charge in [0.2, 0.25) is 5.91 Å². The normalized spacial score (nSPS) is 11.5. The van der Waals surface area contributed by atoms with Gasteiger partial charge in [0.15, 0.2) is 0 Å². The third-order valence-electron chi connectivity index (χ3n) is 3.71. The van der Waals surface area contributed by atoms with Gasteiger partial charge in [-0.25, -0.2) is 9.18 Å². The maximum Gasteiger partial charge on any atom is 0.328 e. The predicted molar refractivity (Wildman–Crippen MR) is 90.9 cm³/mol. The molecule has 26 heavy (non-hydrogen) atoms. The number of hydrogen-bond donors (Lipinski definition) is 1. The maximum absolute atomic E-state index is 12.9. The standard InChI is InChI=1S/C18H17FN2O5/c1-26-18(23)15(11-13-4-2-3-5-16(13)21(24)25)20-17(22)10-12-6-8-14(19)9-7-12/h2-9,15H,10-11H2,1H3,(H,20,22)/t15-/m1/s1. The number of nitro groups is 1. The molecule has 0 aliphatic carbocycles. The molecule has 1 atom stereocenters. The van der Waals surface area contributed by atoms with Crippen molar-refractivity contribution in [1.29, 1.82) is 0 Å². The molecule has 0 aromatic heterocycles. The van der Waals surface area contributed by atoms with Crippen molar-refractivity contribution in [2.24, 2.45) is 0 Å². The van der Waals surface area contributed by atoms with Gasteiger partial charge in [0.25, 0.3) is 5.69 Å². The van der Waals surface area contributed by atoms with Gasteiger partial charge in [0.1, 0.15) is 11.9 Å². The van der Waals surface area contributed by atoms with E-state index in [1.807, 2.05) is 0 Å². The van der Waals surface area contributed by atoms with E-state index >= 15 is 0 Å². The Morgan fingerprint density at radius 3 is 2.46 bits per heavy atom. The zero-order chi connectivity index (χ0) is 19.1. The van der Waals surface area contributed by atoms with Gasteiger partial charge in [-0.05, 0) is 17.7 Å². The lowest BCUT2D eigenvalue weighted by Gasteiger charge is -2.16. The molecular formula is C18H17FN2O5. The quantitative estimate of drug-likeness (QED) is 0.464. The van der Waals surface area contributed by atoms with Gasteiger partial charge in [0, 0.05) is 18.1 Å². The van der Waals surface area contributed by atoms with E-state index in [-0.39, 0.29) is 18.5 Å². The number of esters is 1. The third-order valence-corrected chi connectivity index (χ3v) is 3.71. The van der Waals surface area contributed by atoms with Crippen LogP contribution in [0.1, 0.15) is 11.1 Å². The Bertz CT molecular complexity index is 807.